The molecule has 5 rings (SSSR count). The zero-order valence-electron chi connectivity index (χ0n) is 39.3. The normalized spacial score (nSPS) is 45.8. The van der Waals surface area contributed by atoms with Crippen molar-refractivity contribution in [1.82, 2.24) is 10.2 Å². The molecule has 8 N–H and O–H groups in total. The lowest BCUT2D eigenvalue weighted by Crippen LogP contribution is -2.65. The average molecular weight is 909 g/mol. The Kier molecular flexibility index (Phi) is 16.3. The third-order valence-corrected chi connectivity index (χ3v) is 16.8. The van der Waals surface area contributed by atoms with Crippen LogP contribution in [-0.2, 0) is 28.7 Å². The first-order valence-electron chi connectivity index (χ1n) is 23.5. The van der Waals surface area contributed by atoms with Crippen LogP contribution in [0.1, 0.15) is 114 Å². The smallest absolute Gasteiger partial charge is 0.311 e. The molecule has 1 heterocycles. The quantitative estimate of drug-likeness (QED) is 0.110. The lowest BCUT2D eigenvalue weighted by atomic mass is 9.46. The molecule has 0 aromatic rings. The Bertz CT molecular complexity index is 1770. The summed E-state index contributed by atoms with van der Waals surface area (Å²) in [6.07, 6.45) is -1.64. The van der Waals surface area contributed by atoms with E-state index >= 15 is 4.39 Å². The number of allylic oxidation sites excluding steroid dienone is 4. The monoisotopic (exact) mass is 909 g/mol. The van der Waals surface area contributed by atoms with Crippen LogP contribution in [0.2, 0.25) is 0 Å². The van der Waals surface area contributed by atoms with Crippen molar-refractivity contribution in [2.24, 2.45) is 46.3 Å². The molecule has 0 amide bonds. The molecule has 18 atom stereocenters. The number of carbonyl (C=O) groups is 4. The van der Waals surface area contributed by atoms with E-state index in [9.17, 15) is 54.9 Å². The van der Waals surface area contributed by atoms with Gasteiger partial charge in [-0.25, -0.2) is 4.39 Å². The van der Waals surface area contributed by atoms with Gasteiger partial charge in [-0.05, 0) is 122 Å². The molecule has 0 aromatic heterocycles. The Balaban J connectivity index is 1.24. The zero-order chi connectivity index (χ0) is 47.9. The predicted octanol–water partition coefficient (Wildman–Crippen LogP) is 2.34. The number of fused-ring (bicyclic) bond motifs is 5. The van der Waals surface area contributed by atoms with Gasteiger partial charge in [0.2, 0.25) is 5.78 Å². The Labute approximate surface area is 377 Å². The van der Waals surface area contributed by atoms with E-state index in [1.54, 1.807) is 33.8 Å². The van der Waals surface area contributed by atoms with Gasteiger partial charge in [-0.3, -0.25) is 24.1 Å². The Morgan fingerprint density at radius 2 is 1.67 bits per heavy atom. The number of nitrogens with zero attached hydrogens (tertiary/aromatic N) is 1. The van der Waals surface area contributed by atoms with Gasteiger partial charge in [-0.1, -0.05) is 40.7 Å². The number of Topliss-reactive ketones (excluding diaryl/α,β-unsaturated/α-hetero) is 1. The van der Waals surface area contributed by atoms with Crippen molar-refractivity contribution >= 4 is 23.5 Å². The lowest BCUT2D eigenvalue weighted by molar-refractivity contribution is -0.206. The van der Waals surface area contributed by atoms with Crippen molar-refractivity contribution in [3.05, 3.63) is 23.8 Å². The molecule has 0 bridgehead atoms. The minimum atomic E-state index is -1.89. The highest BCUT2D eigenvalue weighted by Crippen LogP contribution is 2.69. The first-order valence-corrected chi connectivity index (χ1v) is 23.5. The van der Waals surface area contributed by atoms with E-state index < -0.39 is 124 Å². The molecule has 1 saturated heterocycles. The number of aliphatic hydroxyl groups excluding tert-OH is 5. The molecule has 0 radical (unpaired) electrons. The highest BCUT2D eigenvalue weighted by Gasteiger charge is 2.73. The van der Waals surface area contributed by atoms with Gasteiger partial charge in [-0.15, -0.1) is 0 Å². The number of carbonyl (C=O) groups excluding carboxylic acids is 4. The van der Waals surface area contributed by atoms with Crippen molar-refractivity contribution < 1.29 is 68.8 Å². The van der Waals surface area contributed by atoms with E-state index in [2.05, 4.69) is 5.32 Å². The Morgan fingerprint density at radius 1 is 1.00 bits per heavy atom. The summed E-state index contributed by atoms with van der Waals surface area (Å²) in [6, 6.07) is -0.666. The zero-order valence-corrected chi connectivity index (χ0v) is 39.3. The van der Waals surface area contributed by atoms with Crippen LogP contribution in [0.4, 0.5) is 4.39 Å². The third kappa shape index (κ3) is 9.43. The molecule has 4 aliphatic carbocycles. The molecule has 364 valence electrons. The van der Waals surface area contributed by atoms with Crippen molar-refractivity contribution in [3.8, 4) is 0 Å². The fourth-order valence-electron chi connectivity index (χ4n) is 13.0. The summed E-state index contributed by atoms with van der Waals surface area (Å²) < 4.78 is 27.9. The fraction of sp³-hybridized carbons (Fsp3) is 0.833. The molecule has 5 aliphatic rings. The van der Waals surface area contributed by atoms with E-state index in [0.717, 1.165) is 0 Å². The van der Waals surface area contributed by atoms with E-state index in [1.807, 2.05) is 18.7 Å². The number of aliphatic hydroxyl groups is 7. The van der Waals surface area contributed by atoms with E-state index in [-0.39, 0.29) is 50.4 Å². The van der Waals surface area contributed by atoms with E-state index in [0.29, 0.717) is 44.5 Å². The summed E-state index contributed by atoms with van der Waals surface area (Å²) >= 11 is 0. The predicted molar refractivity (Wildman–Crippen MR) is 234 cm³/mol. The van der Waals surface area contributed by atoms with Crippen LogP contribution in [-0.4, -0.2) is 156 Å². The third-order valence-electron chi connectivity index (χ3n) is 16.8. The van der Waals surface area contributed by atoms with E-state index in [1.165, 1.54) is 32.9 Å². The first kappa shape index (κ1) is 52.3. The van der Waals surface area contributed by atoms with Crippen LogP contribution < -0.4 is 5.32 Å². The van der Waals surface area contributed by atoms with Gasteiger partial charge in [-0.2, -0.15) is 0 Å². The lowest BCUT2D eigenvalue weighted by Gasteiger charge is -2.60. The molecule has 0 aromatic carbocycles. The van der Waals surface area contributed by atoms with Gasteiger partial charge in [0.1, 0.15) is 30.6 Å². The molecule has 15 nitrogen and oxygen atoms in total. The highest BCUT2D eigenvalue weighted by atomic mass is 19.1. The Morgan fingerprint density at radius 3 is 2.31 bits per heavy atom. The molecular weight excluding hydrogens is 832 g/mol. The topological polar surface area (TPSA) is 244 Å². The van der Waals surface area contributed by atoms with Gasteiger partial charge < -0.3 is 50.5 Å². The molecule has 0 spiro atoms. The summed E-state index contributed by atoms with van der Waals surface area (Å²) in [5.74, 6) is -6.12. The van der Waals surface area contributed by atoms with Gasteiger partial charge in [0.05, 0.1) is 36.3 Å². The number of hydrogen-bond acceptors (Lipinski definition) is 15. The maximum atomic E-state index is 16.0. The van der Waals surface area contributed by atoms with Crippen LogP contribution in [0.5, 0.6) is 0 Å². The number of halogens is 1. The van der Waals surface area contributed by atoms with Crippen LogP contribution in [0.3, 0.4) is 0 Å². The number of alkyl halides is 1. The molecule has 1 aliphatic heterocycles. The van der Waals surface area contributed by atoms with E-state index in [4.69, 9.17) is 9.47 Å². The Hall–Kier alpha value is -2.67. The minimum absolute atomic E-state index is 0.0508. The summed E-state index contributed by atoms with van der Waals surface area (Å²) in [5, 5.41) is 82.1. The molecular formula is C48H77FN2O13. The largest absolute Gasteiger partial charge is 0.459 e. The maximum Gasteiger partial charge on any atom is 0.311 e. The van der Waals surface area contributed by atoms with Gasteiger partial charge in [0, 0.05) is 41.2 Å². The number of hydrogen-bond donors (Lipinski definition) is 8. The van der Waals surface area contributed by atoms with Crippen LogP contribution in [0, 0.1) is 46.3 Å². The second-order valence-corrected chi connectivity index (χ2v) is 20.9. The van der Waals surface area contributed by atoms with Crippen molar-refractivity contribution in [2.45, 2.75) is 173 Å². The van der Waals surface area contributed by atoms with Crippen molar-refractivity contribution in [2.75, 3.05) is 32.8 Å². The second kappa shape index (κ2) is 19.9. The summed E-state index contributed by atoms with van der Waals surface area (Å²) in [6.45, 7) is 15.2. The first-order chi connectivity index (χ1) is 29.8. The SMILES string of the molecule is CC[C@H]1OC(=O)[C@H](C)[C@@H](O)[C@H](C)[C@@H](O)[C@](C)(O)CCCN(CCCNCCC(=O)O[C@]2(C(=O)CO)[C@H](C)CC3C4C[C@H](F)C5=CC(=O)C=C[C@]5(C)C4[C@@H](O)C[C@@]32C)[C@H](C)[C@@H](O)[C@]1(C)O. The highest BCUT2D eigenvalue weighted by molar-refractivity contribution is 6.01. The number of esters is 2. The van der Waals surface area contributed by atoms with Crippen LogP contribution in [0.25, 0.3) is 0 Å². The number of nitrogens with one attached hydrogen (secondary N) is 1. The van der Waals surface area contributed by atoms with Gasteiger partial charge in [0.25, 0.3) is 0 Å². The summed E-state index contributed by atoms with van der Waals surface area (Å²) in [5.41, 5.74) is -6.94. The number of rotatable bonds is 11. The molecule has 3 saturated carbocycles. The second-order valence-electron chi connectivity index (χ2n) is 20.9. The van der Waals surface area contributed by atoms with Crippen molar-refractivity contribution in [3.63, 3.8) is 0 Å². The maximum absolute atomic E-state index is 16.0. The average Bonchev–Trinajstić information content (AvgIpc) is 3.46. The summed E-state index contributed by atoms with van der Waals surface area (Å²) in [7, 11) is 0. The fourth-order valence-corrected chi connectivity index (χ4v) is 13.0. The number of cyclic esters (lactones) is 1. The number of ketones is 2. The van der Waals surface area contributed by atoms with Gasteiger partial charge >= 0.3 is 11.9 Å². The molecule has 4 fully saturated rings. The van der Waals surface area contributed by atoms with Crippen molar-refractivity contribution in [1.29, 1.82) is 0 Å². The molecule has 64 heavy (non-hydrogen) atoms. The molecule has 16 heteroatoms. The minimum Gasteiger partial charge on any atom is -0.459 e. The summed E-state index contributed by atoms with van der Waals surface area (Å²) in [4.78, 5) is 55.0. The molecule has 3 unspecified atom stereocenters. The van der Waals surface area contributed by atoms with Gasteiger partial charge in [0.15, 0.2) is 11.4 Å². The standard InChI is InChI=1S/C48H77FN2O13/c1-10-37-47(9,62)42(59)29(5)51(19-11-15-46(8,61)41(58)27(3)40(57)28(4)43(60)63-37)20-12-17-50-18-14-38(56)64-48(36(55)25-52)26(2)21-32-31-23-34(49)33-22-30(53)13-16-44(33,6)39(31)35(54)24-45(32,48)7/h13,16,22,26-29,31-32,34-35,37,39-42,50,52,54,57-59,61-62H,10-12,14-15,17-21,23-25H2,1-9H3/t26-,27+,28-,29-,31?,32?,34+,35+,37-,39?,40+,41-,42-,44+,45+,46-,47-,48+/m1/s1. The van der Waals surface area contributed by atoms with Crippen LogP contribution >= 0.6 is 0 Å². The number of ether oxygens (including phenoxy) is 2. The van der Waals surface area contributed by atoms with Crippen LogP contribution in [0.15, 0.2) is 23.8 Å².